The van der Waals surface area contributed by atoms with Gasteiger partial charge in [0.15, 0.2) is 0 Å². The summed E-state index contributed by atoms with van der Waals surface area (Å²) in [6.07, 6.45) is 5.07. The number of carbonyl (C=O) groups is 1. The fourth-order valence-corrected chi connectivity index (χ4v) is 2.24. The van der Waals surface area contributed by atoms with Crippen molar-refractivity contribution in [3.05, 3.63) is 0 Å². The van der Waals surface area contributed by atoms with Crippen molar-refractivity contribution in [2.45, 2.75) is 38.2 Å². The van der Waals surface area contributed by atoms with Gasteiger partial charge in [0.25, 0.3) is 0 Å². The molecule has 1 unspecified atom stereocenters. The molecule has 1 aliphatic heterocycles. The third-order valence-corrected chi connectivity index (χ3v) is 3.55. The molecule has 1 amide bonds. The van der Waals surface area contributed by atoms with Crippen molar-refractivity contribution in [2.24, 2.45) is 0 Å². The monoisotopic (exact) mass is 231 g/mol. The molecule has 1 rings (SSSR count). The van der Waals surface area contributed by atoms with E-state index < -0.39 is 5.60 Å². The summed E-state index contributed by atoms with van der Waals surface area (Å²) in [5.74, 6) is 1.13. The van der Waals surface area contributed by atoms with Crippen LogP contribution in [0, 0.1) is 0 Å². The van der Waals surface area contributed by atoms with Crippen LogP contribution >= 0.6 is 11.8 Å². The maximum atomic E-state index is 11.8. The van der Waals surface area contributed by atoms with E-state index in [1.54, 1.807) is 11.8 Å². The number of thioether (sulfide) groups is 1. The van der Waals surface area contributed by atoms with E-state index in [2.05, 4.69) is 0 Å². The molecule has 0 bridgehead atoms. The average Bonchev–Trinajstić information content (AvgIpc) is 2.36. The molecule has 1 N–H and O–H groups in total. The number of hydrogen-bond donors (Lipinski definition) is 1. The van der Waals surface area contributed by atoms with Gasteiger partial charge >= 0.3 is 0 Å². The van der Waals surface area contributed by atoms with Crippen LogP contribution in [-0.2, 0) is 4.79 Å². The second-order valence-corrected chi connectivity index (χ2v) is 5.46. The van der Waals surface area contributed by atoms with Gasteiger partial charge in [-0.15, -0.1) is 0 Å². The molecule has 1 saturated heterocycles. The zero-order valence-corrected chi connectivity index (χ0v) is 10.5. The van der Waals surface area contributed by atoms with Crippen molar-refractivity contribution in [1.82, 2.24) is 4.90 Å². The third kappa shape index (κ3) is 4.43. The smallest absolute Gasteiger partial charge is 0.223 e. The van der Waals surface area contributed by atoms with Gasteiger partial charge in [-0.3, -0.25) is 4.79 Å². The second-order valence-electron chi connectivity index (χ2n) is 4.47. The SMILES string of the molecule is CSCCC(=O)N1CCCC(C)(O)CC1. The topological polar surface area (TPSA) is 40.5 Å². The minimum absolute atomic E-state index is 0.238. The lowest BCUT2D eigenvalue weighted by molar-refractivity contribution is -0.130. The number of likely N-dealkylation sites (tertiary alicyclic amines) is 1. The summed E-state index contributed by atoms with van der Waals surface area (Å²) in [5, 5.41) is 9.89. The molecule has 0 aromatic carbocycles. The van der Waals surface area contributed by atoms with Crippen LogP contribution in [0.4, 0.5) is 0 Å². The highest BCUT2D eigenvalue weighted by Crippen LogP contribution is 2.21. The van der Waals surface area contributed by atoms with Gasteiger partial charge in [-0.1, -0.05) is 0 Å². The van der Waals surface area contributed by atoms with Gasteiger partial charge in [-0.05, 0) is 32.4 Å². The van der Waals surface area contributed by atoms with E-state index in [9.17, 15) is 9.90 Å². The second kappa shape index (κ2) is 5.75. The van der Waals surface area contributed by atoms with Crippen molar-refractivity contribution in [1.29, 1.82) is 0 Å². The van der Waals surface area contributed by atoms with E-state index in [0.717, 1.165) is 25.1 Å². The Balaban J connectivity index is 2.40. The van der Waals surface area contributed by atoms with Gasteiger partial charge in [-0.25, -0.2) is 0 Å². The van der Waals surface area contributed by atoms with Crippen LogP contribution in [0.25, 0.3) is 0 Å². The molecule has 1 aliphatic rings. The Morgan fingerprint density at radius 3 is 2.87 bits per heavy atom. The van der Waals surface area contributed by atoms with Crippen LogP contribution in [0.5, 0.6) is 0 Å². The fourth-order valence-electron chi connectivity index (χ4n) is 1.86. The van der Waals surface area contributed by atoms with Gasteiger partial charge in [0.2, 0.25) is 5.91 Å². The van der Waals surface area contributed by atoms with E-state index in [-0.39, 0.29) is 5.91 Å². The Labute approximate surface area is 96.2 Å². The quantitative estimate of drug-likeness (QED) is 0.800. The lowest BCUT2D eigenvalue weighted by atomic mass is 9.98. The largest absolute Gasteiger partial charge is 0.390 e. The van der Waals surface area contributed by atoms with Crippen molar-refractivity contribution >= 4 is 17.7 Å². The van der Waals surface area contributed by atoms with Crippen LogP contribution in [0.1, 0.15) is 32.6 Å². The molecule has 0 aromatic rings. The van der Waals surface area contributed by atoms with Crippen LogP contribution in [-0.4, -0.2) is 46.6 Å². The van der Waals surface area contributed by atoms with Gasteiger partial charge in [0.1, 0.15) is 0 Å². The van der Waals surface area contributed by atoms with E-state index in [0.29, 0.717) is 19.4 Å². The van der Waals surface area contributed by atoms with Crippen molar-refractivity contribution in [3.8, 4) is 0 Å². The number of amides is 1. The normalized spacial score (nSPS) is 27.5. The van der Waals surface area contributed by atoms with E-state index >= 15 is 0 Å². The maximum Gasteiger partial charge on any atom is 0.223 e. The first-order valence-electron chi connectivity index (χ1n) is 5.54. The average molecular weight is 231 g/mol. The van der Waals surface area contributed by atoms with Gasteiger partial charge in [0.05, 0.1) is 5.60 Å². The number of carbonyl (C=O) groups excluding carboxylic acids is 1. The molecule has 4 heteroatoms. The minimum Gasteiger partial charge on any atom is -0.390 e. The lowest BCUT2D eigenvalue weighted by Gasteiger charge is -2.22. The van der Waals surface area contributed by atoms with Crippen molar-refractivity contribution in [3.63, 3.8) is 0 Å². The van der Waals surface area contributed by atoms with Gasteiger partial charge < -0.3 is 10.0 Å². The molecule has 15 heavy (non-hydrogen) atoms. The predicted octanol–water partition coefficient (Wildman–Crippen LogP) is 1.50. The number of rotatable bonds is 3. The minimum atomic E-state index is -0.575. The molecule has 0 aromatic heterocycles. The Bertz CT molecular complexity index is 219. The Morgan fingerprint density at radius 1 is 1.47 bits per heavy atom. The molecule has 3 nitrogen and oxygen atoms in total. The Hall–Kier alpha value is -0.220. The van der Waals surface area contributed by atoms with Crippen LogP contribution in [0.2, 0.25) is 0 Å². The van der Waals surface area contributed by atoms with Crippen molar-refractivity contribution < 1.29 is 9.90 Å². The Kier molecular flexibility index (Phi) is 4.93. The summed E-state index contributed by atoms with van der Waals surface area (Å²) >= 11 is 1.70. The fraction of sp³-hybridized carbons (Fsp3) is 0.909. The molecule has 0 aliphatic carbocycles. The van der Waals surface area contributed by atoms with E-state index in [4.69, 9.17) is 0 Å². The van der Waals surface area contributed by atoms with E-state index in [1.165, 1.54) is 0 Å². The molecular formula is C11H21NO2S. The third-order valence-electron chi connectivity index (χ3n) is 2.94. The highest BCUT2D eigenvalue weighted by molar-refractivity contribution is 7.98. The molecule has 0 radical (unpaired) electrons. The highest BCUT2D eigenvalue weighted by Gasteiger charge is 2.26. The summed E-state index contributed by atoms with van der Waals surface area (Å²) < 4.78 is 0. The Morgan fingerprint density at radius 2 is 2.20 bits per heavy atom. The molecule has 0 spiro atoms. The lowest BCUT2D eigenvalue weighted by Crippen LogP contribution is -2.33. The number of hydrogen-bond acceptors (Lipinski definition) is 3. The standard InChI is InChI=1S/C11H21NO2S/c1-11(14)5-3-7-12(8-6-11)10(13)4-9-15-2/h14H,3-9H2,1-2H3. The number of nitrogens with zero attached hydrogens (tertiary/aromatic N) is 1. The van der Waals surface area contributed by atoms with Gasteiger partial charge in [0, 0.05) is 25.3 Å². The predicted molar refractivity (Wildman–Crippen MR) is 64.1 cm³/mol. The molecule has 1 heterocycles. The first-order valence-corrected chi connectivity index (χ1v) is 6.94. The van der Waals surface area contributed by atoms with E-state index in [1.807, 2.05) is 18.1 Å². The molecule has 88 valence electrons. The zero-order valence-electron chi connectivity index (χ0n) is 9.66. The molecular weight excluding hydrogens is 210 g/mol. The summed E-state index contributed by atoms with van der Waals surface area (Å²) in [7, 11) is 0. The van der Waals surface area contributed by atoms with Gasteiger partial charge in [-0.2, -0.15) is 11.8 Å². The zero-order chi connectivity index (χ0) is 11.3. The highest BCUT2D eigenvalue weighted by atomic mass is 32.2. The van der Waals surface area contributed by atoms with Crippen LogP contribution < -0.4 is 0 Å². The maximum absolute atomic E-state index is 11.8. The summed E-state index contributed by atoms with van der Waals surface area (Å²) in [4.78, 5) is 13.7. The molecule has 0 saturated carbocycles. The molecule has 1 atom stereocenters. The summed E-state index contributed by atoms with van der Waals surface area (Å²) in [6, 6.07) is 0. The van der Waals surface area contributed by atoms with Crippen molar-refractivity contribution in [2.75, 3.05) is 25.1 Å². The first kappa shape index (κ1) is 12.8. The molecule has 1 fully saturated rings. The summed E-state index contributed by atoms with van der Waals surface area (Å²) in [6.45, 7) is 3.38. The first-order chi connectivity index (χ1) is 7.05. The summed E-state index contributed by atoms with van der Waals surface area (Å²) in [5.41, 5.74) is -0.575. The van der Waals surface area contributed by atoms with Crippen LogP contribution in [0.3, 0.4) is 0 Å². The number of aliphatic hydroxyl groups is 1. The van der Waals surface area contributed by atoms with Crippen LogP contribution in [0.15, 0.2) is 0 Å².